The van der Waals surface area contributed by atoms with Crippen molar-refractivity contribution in [2.75, 3.05) is 38.0 Å². The Kier molecular flexibility index (Phi) is 6.05. The molecule has 132 valence electrons. The van der Waals surface area contributed by atoms with E-state index >= 15 is 0 Å². The first-order valence-corrected chi connectivity index (χ1v) is 8.39. The summed E-state index contributed by atoms with van der Waals surface area (Å²) in [7, 11) is 8.06. The zero-order chi connectivity index (χ0) is 18.6. The summed E-state index contributed by atoms with van der Waals surface area (Å²) in [6, 6.07) is 16.6. The van der Waals surface area contributed by atoms with Crippen LogP contribution in [0.25, 0.3) is 0 Å². The molecule has 0 bridgehead atoms. The van der Waals surface area contributed by atoms with Crippen LogP contribution in [0, 0.1) is 0 Å². The SMILES string of the molecule is C=CC(=C)C(O)C(c1ccc(N(C)C)cc1)c1ccc(N(C)C)cc1. The predicted octanol–water partition coefficient (Wildman–Crippen LogP) is 4.05. The van der Waals surface area contributed by atoms with Gasteiger partial charge in [-0.2, -0.15) is 0 Å². The lowest BCUT2D eigenvalue weighted by molar-refractivity contribution is 0.196. The monoisotopic (exact) mass is 336 g/mol. The molecule has 1 atom stereocenters. The van der Waals surface area contributed by atoms with Gasteiger partial charge in [0.05, 0.1) is 6.10 Å². The molecule has 0 radical (unpaired) electrons. The van der Waals surface area contributed by atoms with Crippen molar-refractivity contribution in [1.82, 2.24) is 0 Å². The third-order valence-corrected chi connectivity index (χ3v) is 4.50. The van der Waals surface area contributed by atoms with Gasteiger partial charge in [0.2, 0.25) is 0 Å². The maximum absolute atomic E-state index is 10.8. The molecule has 0 aromatic heterocycles. The minimum atomic E-state index is -0.715. The molecule has 0 aliphatic carbocycles. The third kappa shape index (κ3) is 4.31. The Balaban J connectivity index is 2.45. The van der Waals surface area contributed by atoms with Gasteiger partial charge in [0, 0.05) is 45.5 Å². The Morgan fingerprint density at radius 1 is 0.840 bits per heavy atom. The molecule has 2 aromatic carbocycles. The fraction of sp³-hybridized carbons (Fsp3) is 0.273. The van der Waals surface area contributed by atoms with Gasteiger partial charge >= 0.3 is 0 Å². The Hall–Kier alpha value is -2.52. The van der Waals surface area contributed by atoms with Crippen molar-refractivity contribution < 1.29 is 5.11 Å². The standard InChI is InChI=1S/C22H28N2O/c1-7-16(2)22(25)21(17-8-12-19(13-9-17)23(3)4)18-10-14-20(15-11-18)24(5)6/h7-15,21-22,25H,1-2H2,3-6H3. The number of benzene rings is 2. The van der Waals surface area contributed by atoms with Crippen LogP contribution in [0.15, 0.2) is 73.3 Å². The van der Waals surface area contributed by atoms with E-state index in [9.17, 15) is 5.11 Å². The van der Waals surface area contributed by atoms with E-state index < -0.39 is 6.10 Å². The van der Waals surface area contributed by atoms with Crippen LogP contribution in [-0.2, 0) is 0 Å². The second-order valence-electron chi connectivity index (χ2n) is 6.67. The van der Waals surface area contributed by atoms with Gasteiger partial charge in [-0.3, -0.25) is 0 Å². The molecule has 3 heteroatoms. The topological polar surface area (TPSA) is 26.7 Å². The van der Waals surface area contributed by atoms with Gasteiger partial charge in [-0.15, -0.1) is 0 Å². The fourth-order valence-corrected chi connectivity index (χ4v) is 2.85. The van der Waals surface area contributed by atoms with Crippen molar-refractivity contribution >= 4 is 11.4 Å². The number of hydrogen-bond donors (Lipinski definition) is 1. The summed E-state index contributed by atoms with van der Waals surface area (Å²) in [6.07, 6.45) is 0.910. The van der Waals surface area contributed by atoms with Crippen molar-refractivity contribution in [3.63, 3.8) is 0 Å². The number of aliphatic hydroxyl groups is 1. The number of rotatable bonds is 7. The molecule has 0 aliphatic heterocycles. The summed E-state index contributed by atoms with van der Waals surface area (Å²) in [5.41, 5.74) is 4.99. The van der Waals surface area contributed by atoms with E-state index in [1.165, 1.54) is 0 Å². The minimum absolute atomic E-state index is 0.182. The lowest BCUT2D eigenvalue weighted by atomic mass is 9.83. The van der Waals surface area contributed by atoms with Crippen molar-refractivity contribution in [2.45, 2.75) is 12.0 Å². The molecular formula is C22H28N2O. The first-order valence-electron chi connectivity index (χ1n) is 8.39. The summed E-state index contributed by atoms with van der Waals surface area (Å²) in [6.45, 7) is 7.71. The van der Waals surface area contributed by atoms with E-state index in [1.807, 2.05) is 28.2 Å². The van der Waals surface area contributed by atoms with Gasteiger partial charge < -0.3 is 14.9 Å². The highest BCUT2D eigenvalue weighted by Gasteiger charge is 2.24. The molecule has 2 aromatic rings. The molecule has 0 heterocycles. The van der Waals surface area contributed by atoms with Crippen LogP contribution in [-0.4, -0.2) is 39.4 Å². The molecule has 3 nitrogen and oxygen atoms in total. The van der Waals surface area contributed by atoms with Crippen molar-refractivity contribution in [1.29, 1.82) is 0 Å². The van der Waals surface area contributed by atoms with Gasteiger partial charge in [-0.1, -0.05) is 43.5 Å². The van der Waals surface area contributed by atoms with Gasteiger partial charge in [0.25, 0.3) is 0 Å². The highest BCUT2D eigenvalue weighted by Crippen LogP contribution is 2.33. The molecule has 1 unspecified atom stereocenters. The largest absolute Gasteiger partial charge is 0.387 e. The Morgan fingerprint density at radius 2 is 1.20 bits per heavy atom. The van der Waals surface area contributed by atoms with Crippen LogP contribution < -0.4 is 9.80 Å². The number of aliphatic hydroxyl groups excluding tert-OH is 1. The number of hydrogen-bond acceptors (Lipinski definition) is 3. The molecule has 0 aliphatic rings. The quantitative estimate of drug-likeness (QED) is 0.773. The molecule has 25 heavy (non-hydrogen) atoms. The molecule has 1 N–H and O–H groups in total. The zero-order valence-electron chi connectivity index (χ0n) is 15.6. The Morgan fingerprint density at radius 3 is 1.48 bits per heavy atom. The molecule has 0 amide bonds. The first-order chi connectivity index (χ1) is 11.8. The molecular weight excluding hydrogens is 308 g/mol. The van der Waals surface area contributed by atoms with Crippen LogP contribution in [0.1, 0.15) is 17.0 Å². The fourth-order valence-electron chi connectivity index (χ4n) is 2.85. The lowest BCUT2D eigenvalue weighted by Gasteiger charge is -2.26. The summed E-state index contributed by atoms with van der Waals surface area (Å²) in [5, 5.41) is 10.8. The van der Waals surface area contributed by atoms with E-state index in [1.54, 1.807) is 6.08 Å². The maximum Gasteiger partial charge on any atom is 0.0893 e. The van der Waals surface area contributed by atoms with Gasteiger partial charge in [0.15, 0.2) is 0 Å². The van der Waals surface area contributed by atoms with Crippen molar-refractivity contribution in [3.05, 3.63) is 84.5 Å². The Labute approximate surface area is 151 Å². The normalized spacial score (nSPS) is 11.9. The van der Waals surface area contributed by atoms with Gasteiger partial charge in [0.1, 0.15) is 0 Å². The van der Waals surface area contributed by atoms with E-state index in [2.05, 4.69) is 71.5 Å². The van der Waals surface area contributed by atoms with Crippen molar-refractivity contribution in [3.8, 4) is 0 Å². The van der Waals surface area contributed by atoms with E-state index in [-0.39, 0.29) is 5.92 Å². The average molecular weight is 336 g/mol. The van der Waals surface area contributed by atoms with E-state index in [4.69, 9.17) is 0 Å². The van der Waals surface area contributed by atoms with Crippen LogP contribution in [0.3, 0.4) is 0 Å². The smallest absolute Gasteiger partial charge is 0.0893 e. The maximum atomic E-state index is 10.8. The van der Waals surface area contributed by atoms with Gasteiger partial charge in [-0.05, 0) is 41.0 Å². The number of anilines is 2. The van der Waals surface area contributed by atoms with E-state index in [0.717, 1.165) is 22.5 Å². The second-order valence-corrected chi connectivity index (χ2v) is 6.67. The highest BCUT2D eigenvalue weighted by molar-refractivity contribution is 5.51. The van der Waals surface area contributed by atoms with E-state index in [0.29, 0.717) is 5.57 Å². The van der Waals surface area contributed by atoms with Crippen LogP contribution in [0.5, 0.6) is 0 Å². The third-order valence-electron chi connectivity index (χ3n) is 4.50. The highest BCUT2D eigenvalue weighted by atomic mass is 16.3. The predicted molar refractivity (Wildman–Crippen MR) is 109 cm³/mol. The van der Waals surface area contributed by atoms with Crippen LogP contribution in [0.2, 0.25) is 0 Å². The first kappa shape index (κ1) is 18.8. The minimum Gasteiger partial charge on any atom is -0.387 e. The summed E-state index contributed by atoms with van der Waals surface area (Å²) in [5.74, 6) is -0.182. The number of nitrogens with zero attached hydrogens (tertiary/aromatic N) is 2. The van der Waals surface area contributed by atoms with Gasteiger partial charge in [-0.25, -0.2) is 0 Å². The summed E-state index contributed by atoms with van der Waals surface area (Å²) >= 11 is 0. The second kappa shape index (κ2) is 8.04. The molecule has 0 saturated carbocycles. The van der Waals surface area contributed by atoms with Crippen LogP contribution in [0.4, 0.5) is 11.4 Å². The molecule has 0 spiro atoms. The summed E-state index contributed by atoms with van der Waals surface area (Å²) in [4.78, 5) is 4.12. The molecule has 0 saturated heterocycles. The summed E-state index contributed by atoms with van der Waals surface area (Å²) < 4.78 is 0. The van der Waals surface area contributed by atoms with Crippen molar-refractivity contribution in [2.24, 2.45) is 0 Å². The molecule has 2 rings (SSSR count). The molecule has 0 fully saturated rings. The van der Waals surface area contributed by atoms with Crippen LogP contribution >= 0.6 is 0 Å². The Bertz CT molecular complexity index is 663. The zero-order valence-corrected chi connectivity index (χ0v) is 15.6. The average Bonchev–Trinajstić information content (AvgIpc) is 2.62. The lowest BCUT2D eigenvalue weighted by Crippen LogP contribution is -2.21.